The second-order valence-corrected chi connectivity index (χ2v) is 11.8. The molecule has 1 aliphatic rings. The molecule has 1 aromatic heterocycles. The Kier molecular flexibility index (Phi) is 9.02. The fourth-order valence-electron chi connectivity index (χ4n) is 4.27. The van der Waals surface area contributed by atoms with Gasteiger partial charge in [-0.3, -0.25) is 14.5 Å². The number of thioether (sulfide) groups is 1. The van der Waals surface area contributed by atoms with Crippen LogP contribution in [0.2, 0.25) is 5.02 Å². The Balaban J connectivity index is 1.47. The van der Waals surface area contributed by atoms with E-state index >= 15 is 0 Å². The van der Waals surface area contributed by atoms with Gasteiger partial charge in [0.15, 0.2) is 4.34 Å². The number of carbonyl (C=O) groups is 2. The Morgan fingerprint density at radius 3 is 2.44 bits per heavy atom. The first-order chi connectivity index (χ1) is 19.9. The lowest BCUT2D eigenvalue weighted by Gasteiger charge is -2.22. The molecule has 1 amide bonds. The zero-order valence-electron chi connectivity index (χ0n) is 21.9. The van der Waals surface area contributed by atoms with Crippen LogP contribution in [0.5, 0.6) is 5.75 Å². The standard InChI is InChI=1S/C30H25ClFN3O4S2/c1-2-3-16-39-23-14-8-20(9-15-23)26(36)24-25(19-6-12-22(32)13-7-19)35(28(38)27(24)37)29-33-34-30(41-29)40-17-18-4-10-21(31)11-5-18/h4-15,25,36H,2-3,16-17H2,1H3. The van der Waals surface area contributed by atoms with Crippen molar-refractivity contribution in [3.05, 3.63) is 106 Å². The lowest BCUT2D eigenvalue weighted by molar-refractivity contribution is -0.132. The Bertz CT molecular complexity index is 1570. The van der Waals surface area contributed by atoms with Gasteiger partial charge in [-0.2, -0.15) is 0 Å². The van der Waals surface area contributed by atoms with Gasteiger partial charge in [-0.1, -0.05) is 72.3 Å². The number of Topliss-reactive ketones (excluding diaryl/α,β-unsaturated/α-hetero) is 1. The summed E-state index contributed by atoms with van der Waals surface area (Å²) >= 11 is 8.55. The molecule has 2 heterocycles. The third kappa shape index (κ3) is 6.45. The van der Waals surface area contributed by atoms with Crippen molar-refractivity contribution in [3.8, 4) is 5.75 Å². The molecule has 7 nitrogen and oxygen atoms in total. The normalized spacial score (nSPS) is 16.4. The minimum absolute atomic E-state index is 0.119. The number of unbranched alkanes of at least 4 members (excludes halogenated alkanes) is 1. The molecule has 1 atom stereocenters. The molecule has 1 fully saturated rings. The number of aliphatic hydroxyl groups excluding tert-OH is 1. The van der Waals surface area contributed by atoms with E-state index in [2.05, 4.69) is 17.1 Å². The highest BCUT2D eigenvalue weighted by atomic mass is 35.5. The third-order valence-electron chi connectivity index (χ3n) is 6.40. The van der Waals surface area contributed by atoms with Gasteiger partial charge in [0.2, 0.25) is 5.13 Å². The van der Waals surface area contributed by atoms with Gasteiger partial charge in [0.25, 0.3) is 5.78 Å². The summed E-state index contributed by atoms with van der Waals surface area (Å²) in [5, 5.41) is 20.6. The highest BCUT2D eigenvalue weighted by Crippen LogP contribution is 2.44. The predicted molar refractivity (Wildman–Crippen MR) is 159 cm³/mol. The molecule has 41 heavy (non-hydrogen) atoms. The van der Waals surface area contributed by atoms with Gasteiger partial charge in [0.05, 0.1) is 18.2 Å². The van der Waals surface area contributed by atoms with E-state index in [0.717, 1.165) is 29.7 Å². The van der Waals surface area contributed by atoms with Crippen LogP contribution in [0.3, 0.4) is 0 Å². The number of aliphatic hydroxyl groups is 1. The van der Waals surface area contributed by atoms with Crippen molar-refractivity contribution in [1.29, 1.82) is 0 Å². The molecule has 4 aromatic rings. The number of aromatic nitrogens is 2. The largest absolute Gasteiger partial charge is 0.507 e. The smallest absolute Gasteiger partial charge is 0.301 e. The van der Waals surface area contributed by atoms with Crippen molar-refractivity contribution in [1.82, 2.24) is 10.2 Å². The van der Waals surface area contributed by atoms with Crippen LogP contribution >= 0.6 is 34.7 Å². The van der Waals surface area contributed by atoms with Gasteiger partial charge in [0.1, 0.15) is 17.3 Å². The number of hydrogen-bond donors (Lipinski definition) is 1. The van der Waals surface area contributed by atoms with E-state index in [-0.39, 0.29) is 16.5 Å². The maximum absolute atomic E-state index is 13.8. The number of ketones is 1. The van der Waals surface area contributed by atoms with Crippen LogP contribution in [-0.2, 0) is 15.3 Å². The van der Waals surface area contributed by atoms with Gasteiger partial charge >= 0.3 is 5.91 Å². The Hall–Kier alpha value is -3.73. The molecule has 0 radical (unpaired) electrons. The number of nitrogens with zero attached hydrogens (tertiary/aromatic N) is 3. The first kappa shape index (κ1) is 28.8. The number of hydrogen-bond acceptors (Lipinski definition) is 8. The van der Waals surface area contributed by atoms with Crippen LogP contribution in [0.25, 0.3) is 5.76 Å². The molecule has 5 rings (SSSR count). The van der Waals surface area contributed by atoms with E-state index in [1.54, 1.807) is 36.4 Å². The lowest BCUT2D eigenvalue weighted by Crippen LogP contribution is -2.29. The van der Waals surface area contributed by atoms with Crippen LogP contribution in [0.15, 0.2) is 82.7 Å². The highest BCUT2D eigenvalue weighted by molar-refractivity contribution is 8.00. The summed E-state index contributed by atoms with van der Waals surface area (Å²) in [4.78, 5) is 28.0. The molecule has 0 aliphatic carbocycles. The third-order valence-corrected chi connectivity index (χ3v) is 8.78. The van der Waals surface area contributed by atoms with Crippen LogP contribution in [0, 0.1) is 5.82 Å². The molecule has 3 aromatic carbocycles. The van der Waals surface area contributed by atoms with Gasteiger partial charge in [-0.15, -0.1) is 10.2 Å². The molecule has 1 N–H and O–H groups in total. The molecule has 11 heteroatoms. The molecule has 1 saturated heterocycles. The van der Waals surface area contributed by atoms with E-state index in [1.807, 2.05) is 12.1 Å². The quantitative estimate of drug-likeness (QED) is 0.0499. The maximum Gasteiger partial charge on any atom is 0.301 e. The molecular weight excluding hydrogens is 585 g/mol. The van der Waals surface area contributed by atoms with E-state index in [0.29, 0.717) is 38.6 Å². The number of amides is 1. The highest BCUT2D eigenvalue weighted by Gasteiger charge is 2.48. The van der Waals surface area contributed by atoms with E-state index in [1.165, 1.54) is 40.9 Å². The second kappa shape index (κ2) is 12.8. The summed E-state index contributed by atoms with van der Waals surface area (Å²) in [5.41, 5.74) is 1.70. The second-order valence-electron chi connectivity index (χ2n) is 9.21. The zero-order chi connectivity index (χ0) is 28.9. The maximum atomic E-state index is 13.8. The summed E-state index contributed by atoms with van der Waals surface area (Å²) in [7, 11) is 0. The fraction of sp³-hybridized carbons (Fsp3) is 0.200. The molecule has 0 spiro atoms. The van der Waals surface area contributed by atoms with Crippen molar-refractivity contribution >= 4 is 57.3 Å². The number of rotatable bonds is 10. The van der Waals surface area contributed by atoms with Crippen molar-refractivity contribution < 1.29 is 23.8 Å². The minimum Gasteiger partial charge on any atom is -0.507 e. The van der Waals surface area contributed by atoms with Crippen LogP contribution in [0.4, 0.5) is 9.52 Å². The average molecular weight is 610 g/mol. The van der Waals surface area contributed by atoms with E-state index < -0.39 is 23.5 Å². The number of carbonyl (C=O) groups excluding carboxylic acids is 2. The molecular formula is C30H25ClFN3O4S2. The van der Waals surface area contributed by atoms with Crippen molar-refractivity contribution in [2.24, 2.45) is 0 Å². The van der Waals surface area contributed by atoms with Crippen molar-refractivity contribution in [3.63, 3.8) is 0 Å². The summed E-state index contributed by atoms with van der Waals surface area (Å²) in [6.45, 7) is 2.64. The monoisotopic (exact) mass is 609 g/mol. The fourth-order valence-corrected chi connectivity index (χ4v) is 6.22. The first-order valence-corrected chi connectivity index (χ1v) is 15.0. The van der Waals surface area contributed by atoms with Gasteiger partial charge in [-0.25, -0.2) is 4.39 Å². The zero-order valence-corrected chi connectivity index (χ0v) is 24.3. The lowest BCUT2D eigenvalue weighted by atomic mass is 9.95. The van der Waals surface area contributed by atoms with Gasteiger partial charge in [0, 0.05) is 16.3 Å². The Morgan fingerprint density at radius 2 is 1.76 bits per heavy atom. The summed E-state index contributed by atoms with van der Waals surface area (Å²) in [6, 6.07) is 18.5. The number of halogens is 2. The van der Waals surface area contributed by atoms with E-state index in [9.17, 15) is 19.1 Å². The minimum atomic E-state index is -1.03. The van der Waals surface area contributed by atoms with Crippen LogP contribution in [0.1, 0.15) is 42.5 Å². The number of ether oxygens (including phenoxy) is 1. The van der Waals surface area contributed by atoms with Gasteiger partial charge in [-0.05, 0) is 66.1 Å². The predicted octanol–water partition coefficient (Wildman–Crippen LogP) is 7.43. The topological polar surface area (TPSA) is 92.6 Å². The summed E-state index contributed by atoms with van der Waals surface area (Å²) in [5.74, 6) is -1.31. The summed E-state index contributed by atoms with van der Waals surface area (Å²) in [6.07, 6.45) is 1.91. The van der Waals surface area contributed by atoms with E-state index in [4.69, 9.17) is 16.3 Å². The molecule has 210 valence electrons. The number of anilines is 1. The Labute approximate surface area is 249 Å². The average Bonchev–Trinajstić information content (AvgIpc) is 3.55. The SMILES string of the molecule is CCCCOc1ccc(C(O)=C2C(=O)C(=O)N(c3nnc(SCc4ccc(Cl)cc4)s3)C2c2ccc(F)cc2)cc1. The number of benzene rings is 3. The van der Waals surface area contributed by atoms with Crippen molar-refractivity contribution in [2.45, 2.75) is 35.9 Å². The van der Waals surface area contributed by atoms with Gasteiger partial charge < -0.3 is 9.84 Å². The molecule has 0 bridgehead atoms. The summed E-state index contributed by atoms with van der Waals surface area (Å²) < 4.78 is 20.1. The molecule has 0 saturated carbocycles. The Morgan fingerprint density at radius 1 is 1.05 bits per heavy atom. The first-order valence-electron chi connectivity index (χ1n) is 12.9. The molecule has 1 aliphatic heterocycles. The molecule has 1 unspecified atom stereocenters. The van der Waals surface area contributed by atoms with Crippen LogP contribution in [-0.4, -0.2) is 33.6 Å². The van der Waals surface area contributed by atoms with Crippen LogP contribution < -0.4 is 9.64 Å². The van der Waals surface area contributed by atoms with Crippen molar-refractivity contribution in [2.75, 3.05) is 11.5 Å².